The van der Waals surface area contributed by atoms with Gasteiger partial charge in [-0.25, -0.2) is 0 Å². The highest BCUT2D eigenvalue weighted by Gasteiger charge is 2.11. The zero-order valence-electron chi connectivity index (χ0n) is 13.1. The van der Waals surface area contributed by atoms with Crippen LogP contribution in [0.3, 0.4) is 0 Å². The fourth-order valence-corrected chi connectivity index (χ4v) is 2.68. The Hall–Kier alpha value is -1.84. The molecule has 0 saturated carbocycles. The first kappa shape index (κ1) is 16.5. The van der Waals surface area contributed by atoms with Crippen LogP contribution in [0.25, 0.3) is 0 Å². The molecule has 116 valence electrons. The molecule has 2 aromatic rings. The van der Waals surface area contributed by atoms with Crippen molar-refractivity contribution in [2.24, 2.45) is 0 Å². The number of rotatable bonds is 5. The second-order valence-electron chi connectivity index (χ2n) is 5.44. The highest BCUT2D eigenvalue weighted by molar-refractivity contribution is 6.31. The summed E-state index contributed by atoms with van der Waals surface area (Å²) in [6.45, 7) is 6.21. The molecule has 2 N–H and O–H groups in total. The first-order chi connectivity index (χ1) is 10.5. The highest BCUT2D eigenvalue weighted by atomic mass is 35.5. The lowest BCUT2D eigenvalue weighted by Gasteiger charge is -2.16. The van der Waals surface area contributed by atoms with E-state index < -0.39 is 0 Å². The molecular formula is C18H21ClN2O. The predicted molar refractivity (Wildman–Crippen MR) is 92.4 cm³/mol. The van der Waals surface area contributed by atoms with Crippen LogP contribution in [0, 0.1) is 13.8 Å². The van der Waals surface area contributed by atoms with Gasteiger partial charge in [-0.3, -0.25) is 4.79 Å². The average molecular weight is 317 g/mol. The maximum absolute atomic E-state index is 12.1. The summed E-state index contributed by atoms with van der Waals surface area (Å²) in [5.74, 6) is -0.0590. The van der Waals surface area contributed by atoms with Crippen LogP contribution in [-0.2, 0) is 4.79 Å². The molecule has 2 aromatic carbocycles. The Bertz CT molecular complexity index is 650. The van der Waals surface area contributed by atoms with Crippen LogP contribution in [0.1, 0.15) is 29.7 Å². The van der Waals surface area contributed by atoms with Gasteiger partial charge in [0, 0.05) is 16.8 Å². The Labute approximate surface area is 136 Å². The molecule has 0 aromatic heterocycles. The van der Waals surface area contributed by atoms with Gasteiger partial charge < -0.3 is 10.6 Å². The molecule has 2 rings (SSSR count). The lowest BCUT2D eigenvalue weighted by Crippen LogP contribution is -2.30. The predicted octanol–water partition coefficient (Wildman–Crippen LogP) is 4.25. The van der Waals surface area contributed by atoms with E-state index in [-0.39, 0.29) is 18.5 Å². The zero-order valence-corrected chi connectivity index (χ0v) is 13.9. The number of nitrogens with one attached hydrogen (secondary N) is 2. The Morgan fingerprint density at radius 1 is 1.09 bits per heavy atom. The monoisotopic (exact) mass is 316 g/mol. The van der Waals surface area contributed by atoms with Crippen molar-refractivity contribution < 1.29 is 4.79 Å². The van der Waals surface area contributed by atoms with Gasteiger partial charge in [0.05, 0.1) is 6.54 Å². The first-order valence-corrected chi connectivity index (χ1v) is 7.70. The SMILES string of the molecule is Cc1cccc(C)c1NC(=O)CNC(C)c1ccccc1Cl. The van der Waals surface area contributed by atoms with E-state index in [0.717, 1.165) is 22.4 Å². The summed E-state index contributed by atoms with van der Waals surface area (Å²) in [6.07, 6.45) is 0. The number of carbonyl (C=O) groups is 1. The number of benzene rings is 2. The minimum atomic E-state index is -0.0590. The number of hydrogen-bond acceptors (Lipinski definition) is 2. The number of carbonyl (C=O) groups excluding carboxylic acids is 1. The molecule has 1 unspecified atom stereocenters. The van der Waals surface area contributed by atoms with E-state index in [9.17, 15) is 4.79 Å². The van der Waals surface area contributed by atoms with Crippen molar-refractivity contribution >= 4 is 23.2 Å². The fraction of sp³-hybridized carbons (Fsp3) is 0.278. The molecule has 0 aliphatic heterocycles. The minimum absolute atomic E-state index is 0.0115. The van der Waals surface area contributed by atoms with Crippen molar-refractivity contribution in [2.75, 3.05) is 11.9 Å². The fourth-order valence-electron chi connectivity index (χ4n) is 2.38. The molecule has 0 spiro atoms. The lowest BCUT2D eigenvalue weighted by molar-refractivity contribution is -0.115. The normalized spacial score (nSPS) is 12.0. The maximum Gasteiger partial charge on any atom is 0.238 e. The number of amides is 1. The van der Waals surface area contributed by atoms with E-state index >= 15 is 0 Å². The summed E-state index contributed by atoms with van der Waals surface area (Å²) in [5, 5.41) is 6.87. The number of hydrogen-bond donors (Lipinski definition) is 2. The maximum atomic E-state index is 12.1. The summed E-state index contributed by atoms with van der Waals surface area (Å²) in [6, 6.07) is 13.6. The molecular weight excluding hydrogens is 296 g/mol. The molecule has 0 aliphatic rings. The van der Waals surface area contributed by atoms with Gasteiger partial charge >= 0.3 is 0 Å². The summed E-state index contributed by atoms with van der Waals surface area (Å²) >= 11 is 6.17. The number of para-hydroxylation sites is 1. The molecule has 0 fully saturated rings. The van der Waals surface area contributed by atoms with Crippen molar-refractivity contribution in [1.29, 1.82) is 0 Å². The van der Waals surface area contributed by atoms with Crippen molar-refractivity contribution in [1.82, 2.24) is 5.32 Å². The van der Waals surface area contributed by atoms with Crippen LogP contribution in [0.2, 0.25) is 5.02 Å². The van der Waals surface area contributed by atoms with Gasteiger partial charge in [-0.15, -0.1) is 0 Å². The van der Waals surface area contributed by atoms with E-state index in [4.69, 9.17) is 11.6 Å². The second kappa shape index (κ2) is 7.43. The second-order valence-corrected chi connectivity index (χ2v) is 5.85. The number of aryl methyl sites for hydroxylation is 2. The number of anilines is 1. The van der Waals surface area contributed by atoms with Crippen molar-refractivity contribution in [3.63, 3.8) is 0 Å². The van der Waals surface area contributed by atoms with Crippen LogP contribution in [0.5, 0.6) is 0 Å². The molecule has 3 nitrogen and oxygen atoms in total. The van der Waals surface area contributed by atoms with Gasteiger partial charge in [-0.05, 0) is 43.5 Å². The minimum Gasteiger partial charge on any atom is -0.324 e. The third-order valence-electron chi connectivity index (χ3n) is 3.69. The summed E-state index contributed by atoms with van der Waals surface area (Å²) in [4.78, 5) is 12.1. The van der Waals surface area contributed by atoms with Gasteiger partial charge in [0.1, 0.15) is 0 Å². The van der Waals surface area contributed by atoms with Gasteiger partial charge in [0.15, 0.2) is 0 Å². The van der Waals surface area contributed by atoms with E-state index in [1.165, 1.54) is 0 Å². The molecule has 1 atom stereocenters. The summed E-state index contributed by atoms with van der Waals surface area (Å²) in [5.41, 5.74) is 4.00. The quantitative estimate of drug-likeness (QED) is 0.866. The van der Waals surface area contributed by atoms with Crippen molar-refractivity contribution in [2.45, 2.75) is 26.8 Å². The van der Waals surface area contributed by atoms with Crippen LogP contribution in [-0.4, -0.2) is 12.5 Å². The Morgan fingerprint density at radius 3 is 2.36 bits per heavy atom. The Kier molecular flexibility index (Phi) is 5.58. The molecule has 0 saturated heterocycles. The van der Waals surface area contributed by atoms with Crippen LogP contribution in [0.4, 0.5) is 5.69 Å². The first-order valence-electron chi connectivity index (χ1n) is 7.33. The van der Waals surface area contributed by atoms with Gasteiger partial charge in [0.25, 0.3) is 0 Å². The molecule has 4 heteroatoms. The van der Waals surface area contributed by atoms with Crippen LogP contribution in [0.15, 0.2) is 42.5 Å². The summed E-state index contributed by atoms with van der Waals surface area (Å²) < 4.78 is 0. The largest absolute Gasteiger partial charge is 0.324 e. The van der Waals surface area contributed by atoms with Gasteiger partial charge in [-0.1, -0.05) is 48.0 Å². The van der Waals surface area contributed by atoms with Crippen molar-refractivity contribution in [3.05, 3.63) is 64.2 Å². The topological polar surface area (TPSA) is 41.1 Å². The lowest BCUT2D eigenvalue weighted by atomic mass is 10.1. The smallest absolute Gasteiger partial charge is 0.238 e. The summed E-state index contributed by atoms with van der Waals surface area (Å²) in [7, 11) is 0. The van der Waals surface area contributed by atoms with Crippen molar-refractivity contribution in [3.8, 4) is 0 Å². The standard InChI is InChI=1S/C18H21ClN2O/c1-12-7-6-8-13(2)18(12)21-17(22)11-20-14(3)15-9-4-5-10-16(15)19/h4-10,14,20H,11H2,1-3H3,(H,21,22). The molecule has 0 bridgehead atoms. The molecule has 0 radical (unpaired) electrons. The molecule has 0 heterocycles. The molecule has 0 aliphatic carbocycles. The third-order valence-corrected chi connectivity index (χ3v) is 4.03. The van der Waals surface area contributed by atoms with E-state index in [2.05, 4.69) is 10.6 Å². The van der Waals surface area contributed by atoms with Gasteiger partial charge in [-0.2, -0.15) is 0 Å². The van der Waals surface area contributed by atoms with Crippen LogP contribution < -0.4 is 10.6 Å². The average Bonchev–Trinajstić information content (AvgIpc) is 2.49. The Balaban J connectivity index is 1.95. The van der Waals surface area contributed by atoms with E-state index in [0.29, 0.717) is 5.02 Å². The van der Waals surface area contributed by atoms with Crippen LogP contribution >= 0.6 is 11.6 Å². The molecule has 1 amide bonds. The zero-order chi connectivity index (χ0) is 16.1. The van der Waals surface area contributed by atoms with Gasteiger partial charge in [0.2, 0.25) is 5.91 Å². The molecule has 22 heavy (non-hydrogen) atoms. The van der Waals surface area contributed by atoms with E-state index in [1.54, 1.807) is 0 Å². The third kappa shape index (κ3) is 4.09. The highest BCUT2D eigenvalue weighted by Crippen LogP contribution is 2.22. The number of halogens is 1. The van der Waals surface area contributed by atoms with E-state index in [1.807, 2.05) is 63.2 Å². The Morgan fingerprint density at radius 2 is 1.73 bits per heavy atom.